The molecule has 118 valence electrons. The molecule has 1 N–H and O–H groups in total. The lowest BCUT2D eigenvalue weighted by atomic mass is 10.1. The number of fused-ring (bicyclic) bond motifs is 1. The van der Waals surface area contributed by atoms with E-state index < -0.39 is 0 Å². The SMILES string of the molecule is c1ccc([C@@H](CN2CCCC2)Nc2ccc3nnnn3n2)cc1. The van der Waals surface area contributed by atoms with Gasteiger partial charge in [-0.25, -0.2) is 0 Å². The smallest absolute Gasteiger partial charge is 0.200 e. The molecule has 0 amide bonds. The first-order chi connectivity index (χ1) is 11.4. The third-order valence-corrected chi connectivity index (χ3v) is 4.23. The van der Waals surface area contributed by atoms with Gasteiger partial charge in [0.25, 0.3) is 0 Å². The van der Waals surface area contributed by atoms with Gasteiger partial charge in [0.1, 0.15) is 5.82 Å². The first kappa shape index (κ1) is 14.1. The van der Waals surface area contributed by atoms with Crippen LogP contribution in [0.4, 0.5) is 5.82 Å². The largest absolute Gasteiger partial charge is 0.360 e. The van der Waals surface area contributed by atoms with Crippen molar-refractivity contribution in [1.29, 1.82) is 0 Å². The molecule has 0 radical (unpaired) electrons. The third-order valence-electron chi connectivity index (χ3n) is 4.23. The van der Waals surface area contributed by atoms with Crippen LogP contribution in [0.1, 0.15) is 24.4 Å². The average Bonchev–Trinajstić information content (AvgIpc) is 3.26. The van der Waals surface area contributed by atoms with Gasteiger partial charge in [-0.3, -0.25) is 0 Å². The Kier molecular flexibility index (Phi) is 3.85. The molecule has 3 heterocycles. The molecule has 1 atom stereocenters. The molecule has 0 saturated carbocycles. The summed E-state index contributed by atoms with van der Waals surface area (Å²) in [5.41, 5.74) is 1.91. The summed E-state index contributed by atoms with van der Waals surface area (Å²) in [6.45, 7) is 3.31. The summed E-state index contributed by atoms with van der Waals surface area (Å²) in [5.74, 6) is 0.776. The van der Waals surface area contributed by atoms with Gasteiger partial charge in [0, 0.05) is 6.54 Å². The van der Waals surface area contributed by atoms with Gasteiger partial charge in [-0.1, -0.05) is 30.3 Å². The predicted molar refractivity (Wildman–Crippen MR) is 87.1 cm³/mol. The zero-order valence-electron chi connectivity index (χ0n) is 12.8. The molecule has 2 aromatic heterocycles. The first-order valence-electron chi connectivity index (χ1n) is 7.98. The fourth-order valence-corrected chi connectivity index (χ4v) is 3.05. The summed E-state index contributed by atoms with van der Waals surface area (Å²) >= 11 is 0. The van der Waals surface area contributed by atoms with Gasteiger partial charge in [-0.2, -0.15) is 0 Å². The van der Waals surface area contributed by atoms with Crippen molar-refractivity contribution in [1.82, 2.24) is 30.2 Å². The second-order valence-corrected chi connectivity index (χ2v) is 5.86. The second-order valence-electron chi connectivity index (χ2n) is 5.86. The van der Waals surface area contributed by atoms with E-state index >= 15 is 0 Å². The van der Waals surface area contributed by atoms with Crippen molar-refractivity contribution in [3.05, 3.63) is 48.0 Å². The van der Waals surface area contributed by atoms with Crippen LogP contribution in [-0.2, 0) is 0 Å². The lowest BCUT2D eigenvalue weighted by Crippen LogP contribution is -2.29. The van der Waals surface area contributed by atoms with E-state index in [1.165, 1.54) is 36.1 Å². The van der Waals surface area contributed by atoms with Crippen LogP contribution in [0.15, 0.2) is 42.5 Å². The van der Waals surface area contributed by atoms with Crippen LogP contribution in [-0.4, -0.2) is 49.8 Å². The highest BCUT2D eigenvalue weighted by Crippen LogP contribution is 2.21. The van der Waals surface area contributed by atoms with Gasteiger partial charge < -0.3 is 10.2 Å². The van der Waals surface area contributed by atoms with Gasteiger partial charge >= 0.3 is 0 Å². The summed E-state index contributed by atoms with van der Waals surface area (Å²) in [5, 5.41) is 19.3. The third kappa shape index (κ3) is 3.14. The summed E-state index contributed by atoms with van der Waals surface area (Å²) < 4.78 is 1.44. The number of nitrogens with zero attached hydrogens (tertiary/aromatic N) is 6. The Morgan fingerprint density at radius 2 is 1.87 bits per heavy atom. The number of benzene rings is 1. The molecule has 3 aromatic rings. The Bertz CT molecular complexity index is 764. The first-order valence-corrected chi connectivity index (χ1v) is 7.98. The van der Waals surface area contributed by atoms with E-state index in [-0.39, 0.29) is 6.04 Å². The van der Waals surface area contributed by atoms with Crippen molar-refractivity contribution in [2.75, 3.05) is 25.0 Å². The molecule has 1 fully saturated rings. The number of anilines is 1. The Morgan fingerprint density at radius 3 is 2.70 bits per heavy atom. The molecule has 7 heteroatoms. The molecular formula is C16H19N7. The lowest BCUT2D eigenvalue weighted by Gasteiger charge is -2.25. The highest BCUT2D eigenvalue weighted by Gasteiger charge is 2.19. The molecule has 23 heavy (non-hydrogen) atoms. The van der Waals surface area contributed by atoms with Crippen LogP contribution in [0.5, 0.6) is 0 Å². The van der Waals surface area contributed by atoms with Crippen LogP contribution >= 0.6 is 0 Å². The van der Waals surface area contributed by atoms with Gasteiger partial charge in [0.05, 0.1) is 6.04 Å². The molecule has 0 bridgehead atoms. The van der Waals surface area contributed by atoms with E-state index in [0.29, 0.717) is 5.65 Å². The van der Waals surface area contributed by atoms with Crippen LogP contribution in [0.2, 0.25) is 0 Å². The van der Waals surface area contributed by atoms with Gasteiger partial charge in [-0.05, 0) is 54.1 Å². The number of aromatic nitrogens is 5. The Hall–Kier alpha value is -2.54. The van der Waals surface area contributed by atoms with E-state index in [1.54, 1.807) is 0 Å². The molecule has 0 unspecified atom stereocenters. The molecule has 1 saturated heterocycles. The number of tetrazole rings is 1. The van der Waals surface area contributed by atoms with Crippen molar-refractivity contribution < 1.29 is 0 Å². The number of nitrogens with one attached hydrogen (secondary N) is 1. The molecule has 0 aliphatic carbocycles. The highest BCUT2D eigenvalue weighted by atomic mass is 15.6. The molecule has 7 nitrogen and oxygen atoms in total. The molecule has 0 spiro atoms. The number of hydrogen-bond acceptors (Lipinski definition) is 6. The molecule has 1 aliphatic heterocycles. The quantitative estimate of drug-likeness (QED) is 0.774. The minimum absolute atomic E-state index is 0.190. The van der Waals surface area contributed by atoms with Crippen LogP contribution < -0.4 is 5.32 Å². The van der Waals surface area contributed by atoms with E-state index in [4.69, 9.17) is 0 Å². The lowest BCUT2D eigenvalue weighted by molar-refractivity contribution is 0.323. The summed E-state index contributed by atoms with van der Waals surface area (Å²) in [6, 6.07) is 14.5. The van der Waals surface area contributed by atoms with Crippen LogP contribution in [0.25, 0.3) is 5.65 Å². The van der Waals surface area contributed by atoms with E-state index in [0.717, 1.165) is 12.4 Å². The van der Waals surface area contributed by atoms with Gasteiger partial charge in [0.2, 0.25) is 0 Å². The minimum atomic E-state index is 0.190. The zero-order chi connectivity index (χ0) is 15.5. The van der Waals surface area contributed by atoms with Crippen molar-refractivity contribution in [2.24, 2.45) is 0 Å². The van der Waals surface area contributed by atoms with E-state index in [1.807, 2.05) is 18.2 Å². The fourth-order valence-electron chi connectivity index (χ4n) is 3.05. The van der Waals surface area contributed by atoms with Crippen molar-refractivity contribution in [3.8, 4) is 0 Å². The summed E-state index contributed by atoms with van der Waals surface area (Å²) in [7, 11) is 0. The van der Waals surface area contributed by atoms with E-state index in [2.05, 4.69) is 55.1 Å². The molecule has 4 rings (SSSR count). The van der Waals surface area contributed by atoms with Gasteiger partial charge in [-0.15, -0.1) is 14.8 Å². The van der Waals surface area contributed by atoms with Crippen molar-refractivity contribution >= 4 is 11.5 Å². The number of rotatable bonds is 5. The Balaban J connectivity index is 1.58. The molecular weight excluding hydrogens is 290 g/mol. The highest BCUT2D eigenvalue weighted by molar-refractivity contribution is 5.44. The minimum Gasteiger partial charge on any atom is -0.360 e. The molecule has 1 aliphatic rings. The predicted octanol–water partition coefficient (Wildman–Crippen LogP) is 1.77. The normalized spacial score (nSPS) is 16.7. The Labute approximate surface area is 134 Å². The van der Waals surface area contributed by atoms with Gasteiger partial charge in [0.15, 0.2) is 5.65 Å². The second kappa shape index (κ2) is 6.29. The van der Waals surface area contributed by atoms with Crippen molar-refractivity contribution in [3.63, 3.8) is 0 Å². The summed E-state index contributed by atoms with van der Waals surface area (Å²) in [4.78, 5) is 2.50. The van der Waals surface area contributed by atoms with E-state index in [9.17, 15) is 0 Å². The topological polar surface area (TPSA) is 71.2 Å². The fraction of sp³-hybridized carbons (Fsp3) is 0.375. The molecule has 1 aromatic carbocycles. The standard InChI is InChI=1S/C16H19N7/c1-2-6-13(7-3-1)14(12-22-10-4-5-11-22)17-15-8-9-16-18-20-21-23(16)19-15/h1-3,6-9,14H,4-5,10-12H2,(H,17,19)/t14-/m1/s1. The average molecular weight is 309 g/mol. The maximum atomic E-state index is 4.43. The van der Waals surface area contributed by atoms with Crippen molar-refractivity contribution in [2.45, 2.75) is 18.9 Å². The maximum absolute atomic E-state index is 4.43. The summed E-state index contributed by atoms with van der Waals surface area (Å²) in [6.07, 6.45) is 2.58. The van der Waals surface area contributed by atoms with Crippen LogP contribution in [0, 0.1) is 0 Å². The maximum Gasteiger partial charge on any atom is 0.200 e. The Morgan fingerprint density at radius 1 is 1.04 bits per heavy atom. The van der Waals surface area contributed by atoms with Crippen LogP contribution in [0.3, 0.4) is 0 Å². The zero-order valence-corrected chi connectivity index (χ0v) is 12.8. The number of likely N-dealkylation sites (tertiary alicyclic amines) is 1. The number of hydrogen-bond donors (Lipinski definition) is 1. The monoisotopic (exact) mass is 309 g/mol.